The third-order valence-corrected chi connectivity index (χ3v) is 3.50. The molecule has 6 nitrogen and oxygen atoms in total. The molecule has 3 amide bonds. The highest BCUT2D eigenvalue weighted by atomic mass is 16.2. The summed E-state index contributed by atoms with van der Waals surface area (Å²) in [6, 6.07) is 13.9. The summed E-state index contributed by atoms with van der Waals surface area (Å²) in [6.07, 6.45) is 1.68. The summed E-state index contributed by atoms with van der Waals surface area (Å²) in [7, 11) is 0. The van der Waals surface area contributed by atoms with Crippen LogP contribution in [0.4, 0.5) is 10.5 Å². The fraction of sp³-hybridized carbons (Fsp3) is 0.278. The molecule has 24 heavy (non-hydrogen) atoms. The van der Waals surface area contributed by atoms with Crippen LogP contribution in [0.1, 0.15) is 32.5 Å². The van der Waals surface area contributed by atoms with Gasteiger partial charge in [-0.1, -0.05) is 24.3 Å². The molecule has 6 heteroatoms. The zero-order chi connectivity index (χ0) is 17.6. The van der Waals surface area contributed by atoms with Gasteiger partial charge in [0.25, 0.3) is 0 Å². The zero-order valence-corrected chi connectivity index (χ0v) is 14.0. The number of hydrogen-bond acceptors (Lipinski definition) is 3. The normalized spacial score (nSPS) is 12.1. The number of urea groups is 1. The molecule has 126 valence electrons. The number of benzene rings is 1. The van der Waals surface area contributed by atoms with E-state index in [1.807, 2.05) is 43.3 Å². The Morgan fingerprint density at radius 1 is 1.04 bits per heavy atom. The first-order chi connectivity index (χ1) is 11.4. The van der Waals surface area contributed by atoms with Crippen molar-refractivity contribution in [2.45, 2.75) is 32.4 Å². The number of carbonyl (C=O) groups excluding carboxylic acids is 2. The fourth-order valence-electron chi connectivity index (χ4n) is 2.11. The van der Waals surface area contributed by atoms with E-state index in [9.17, 15) is 9.59 Å². The summed E-state index contributed by atoms with van der Waals surface area (Å²) in [5, 5.41) is 8.24. The van der Waals surface area contributed by atoms with Crippen LogP contribution in [0.3, 0.4) is 0 Å². The number of nitrogens with one attached hydrogen (secondary N) is 3. The second-order valence-corrected chi connectivity index (χ2v) is 6.02. The number of amides is 3. The van der Waals surface area contributed by atoms with Gasteiger partial charge in [-0.05, 0) is 45.0 Å². The van der Waals surface area contributed by atoms with Gasteiger partial charge in [-0.2, -0.15) is 0 Å². The van der Waals surface area contributed by atoms with Gasteiger partial charge in [0.05, 0.1) is 11.7 Å². The first-order valence-electron chi connectivity index (χ1n) is 7.74. The summed E-state index contributed by atoms with van der Waals surface area (Å²) in [6.45, 7) is 5.15. The number of rotatable bonds is 5. The predicted molar refractivity (Wildman–Crippen MR) is 93.5 cm³/mol. The van der Waals surface area contributed by atoms with Crippen molar-refractivity contribution < 1.29 is 9.59 Å². The number of pyridine rings is 1. The van der Waals surface area contributed by atoms with Crippen molar-refractivity contribution in [3.8, 4) is 0 Å². The van der Waals surface area contributed by atoms with Crippen LogP contribution < -0.4 is 16.0 Å². The number of anilines is 1. The van der Waals surface area contributed by atoms with Crippen molar-refractivity contribution in [1.29, 1.82) is 0 Å². The lowest BCUT2D eigenvalue weighted by molar-refractivity contribution is -0.126. The molecular formula is C18H22N4O2. The SMILES string of the molecule is C[C@@H](NC(=O)C(C)(C)NC(=O)Nc1ccccc1)c1ccccn1. The Balaban J connectivity index is 1.93. The Morgan fingerprint density at radius 3 is 2.33 bits per heavy atom. The Hall–Kier alpha value is -2.89. The average molecular weight is 326 g/mol. The Kier molecular flexibility index (Phi) is 5.52. The van der Waals surface area contributed by atoms with Crippen LogP contribution in [0.15, 0.2) is 54.7 Å². The lowest BCUT2D eigenvalue weighted by Gasteiger charge is -2.27. The maximum absolute atomic E-state index is 12.5. The van der Waals surface area contributed by atoms with Gasteiger partial charge < -0.3 is 16.0 Å². The first kappa shape index (κ1) is 17.5. The molecule has 0 aliphatic carbocycles. The minimum Gasteiger partial charge on any atom is -0.346 e. The molecule has 0 aliphatic heterocycles. The van der Waals surface area contributed by atoms with Gasteiger partial charge in [0.1, 0.15) is 5.54 Å². The quantitative estimate of drug-likeness (QED) is 0.790. The highest BCUT2D eigenvalue weighted by Gasteiger charge is 2.30. The second-order valence-electron chi connectivity index (χ2n) is 6.02. The van der Waals surface area contributed by atoms with Gasteiger partial charge in [-0.15, -0.1) is 0 Å². The van der Waals surface area contributed by atoms with Crippen LogP contribution in [0.5, 0.6) is 0 Å². The van der Waals surface area contributed by atoms with Crippen molar-refractivity contribution in [3.05, 3.63) is 60.4 Å². The molecule has 3 N–H and O–H groups in total. The zero-order valence-electron chi connectivity index (χ0n) is 14.0. The monoisotopic (exact) mass is 326 g/mol. The minimum absolute atomic E-state index is 0.253. The van der Waals surface area contributed by atoms with Crippen LogP contribution in [-0.2, 0) is 4.79 Å². The van der Waals surface area contributed by atoms with Crippen molar-refractivity contribution in [3.63, 3.8) is 0 Å². The van der Waals surface area contributed by atoms with Crippen molar-refractivity contribution in [2.75, 3.05) is 5.32 Å². The van der Waals surface area contributed by atoms with Crippen molar-refractivity contribution in [1.82, 2.24) is 15.6 Å². The van der Waals surface area contributed by atoms with E-state index in [4.69, 9.17) is 0 Å². The predicted octanol–water partition coefficient (Wildman–Crippen LogP) is 2.86. The third-order valence-electron chi connectivity index (χ3n) is 3.50. The van der Waals surface area contributed by atoms with E-state index in [-0.39, 0.29) is 11.9 Å². The van der Waals surface area contributed by atoms with Gasteiger partial charge >= 0.3 is 6.03 Å². The lowest BCUT2D eigenvalue weighted by Crippen LogP contribution is -2.56. The average Bonchev–Trinajstić information content (AvgIpc) is 2.55. The Morgan fingerprint density at radius 2 is 1.71 bits per heavy atom. The molecule has 0 aliphatic rings. The van der Waals surface area contributed by atoms with Gasteiger partial charge in [-0.3, -0.25) is 9.78 Å². The van der Waals surface area contributed by atoms with Crippen LogP contribution in [0, 0.1) is 0 Å². The molecule has 0 radical (unpaired) electrons. The molecule has 1 heterocycles. The maximum atomic E-state index is 12.5. The molecule has 2 aromatic rings. The highest BCUT2D eigenvalue weighted by Crippen LogP contribution is 2.12. The summed E-state index contributed by atoms with van der Waals surface area (Å²) < 4.78 is 0. The lowest BCUT2D eigenvalue weighted by atomic mass is 10.0. The minimum atomic E-state index is -1.07. The van der Waals surface area contributed by atoms with Crippen LogP contribution in [0.25, 0.3) is 0 Å². The molecule has 2 rings (SSSR count). The van der Waals surface area contributed by atoms with Gasteiger partial charge in [0.15, 0.2) is 0 Å². The van der Waals surface area contributed by atoms with Crippen LogP contribution >= 0.6 is 0 Å². The maximum Gasteiger partial charge on any atom is 0.320 e. The number of hydrogen-bond donors (Lipinski definition) is 3. The van der Waals surface area contributed by atoms with Crippen LogP contribution in [-0.4, -0.2) is 22.5 Å². The van der Waals surface area contributed by atoms with E-state index < -0.39 is 11.6 Å². The molecule has 0 spiro atoms. The molecule has 0 saturated heterocycles. The van der Waals surface area contributed by atoms with E-state index in [1.165, 1.54) is 0 Å². The summed E-state index contributed by atoms with van der Waals surface area (Å²) in [5.74, 6) is -0.288. The van der Waals surface area contributed by atoms with Gasteiger partial charge in [0.2, 0.25) is 5.91 Å². The van der Waals surface area contributed by atoms with Crippen molar-refractivity contribution in [2.24, 2.45) is 0 Å². The molecule has 1 aromatic heterocycles. The molecule has 0 unspecified atom stereocenters. The summed E-state index contributed by atoms with van der Waals surface area (Å²) >= 11 is 0. The fourth-order valence-corrected chi connectivity index (χ4v) is 2.11. The highest BCUT2D eigenvalue weighted by molar-refractivity contribution is 5.95. The van der Waals surface area contributed by atoms with E-state index in [0.29, 0.717) is 5.69 Å². The molecule has 0 fully saturated rings. The topological polar surface area (TPSA) is 83.1 Å². The van der Waals surface area contributed by atoms with E-state index >= 15 is 0 Å². The molecule has 0 bridgehead atoms. The van der Waals surface area contributed by atoms with E-state index in [0.717, 1.165) is 5.69 Å². The number of aromatic nitrogens is 1. The molecule has 0 saturated carbocycles. The third kappa shape index (κ3) is 4.81. The number of para-hydroxylation sites is 1. The standard InChI is InChI=1S/C18H22N4O2/c1-13(15-11-7-8-12-19-15)20-16(23)18(2,3)22-17(24)21-14-9-5-4-6-10-14/h4-13H,1-3H3,(H,20,23)(H2,21,22,24)/t13-/m1/s1. The number of carbonyl (C=O) groups is 2. The van der Waals surface area contributed by atoms with E-state index in [2.05, 4.69) is 20.9 Å². The van der Waals surface area contributed by atoms with Crippen LogP contribution in [0.2, 0.25) is 0 Å². The van der Waals surface area contributed by atoms with Crippen molar-refractivity contribution >= 4 is 17.6 Å². The summed E-state index contributed by atoms with van der Waals surface area (Å²) in [5.41, 5.74) is 0.352. The number of nitrogens with zero attached hydrogens (tertiary/aromatic N) is 1. The van der Waals surface area contributed by atoms with Gasteiger partial charge in [0, 0.05) is 11.9 Å². The Bertz CT molecular complexity index is 687. The van der Waals surface area contributed by atoms with Gasteiger partial charge in [-0.25, -0.2) is 4.79 Å². The Labute approximate surface area is 141 Å². The second kappa shape index (κ2) is 7.59. The molecule has 1 atom stereocenters. The molecule has 1 aromatic carbocycles. The van der Waals surface area contributed by atoms with E-state index in [1.54, 1.807) is 32.2 Å². The smallest absolute Gasteiger partial charge is 0.320 e. The molecular weight excluding hydrogens is 304 g/mol. The first-order valence-corrected chi connectivity index (χ1v) is 7.74. The summed E-state index contributed by atoms with van der Waals surface area (Å²) in [4.78, 5) is 28.7. The largest absolute Gasteiger partial charge is 0.346 e.